The van der Waals surface area contributed by atoms with Crippen molar-refractivity contribution >= 4 is 33.9 Å². The lowest BCUT2D eigenvalue weighted by Gasteiger charge is -2.17. The van der Waals surface area contributed by atoms with Crippen LogP contribution in [-0.4, -0.2) is 8.75 Å². The lowest BCUT2D eigenvalue weighted by molar-refractivity contribution is 1.27. The third kappa shape index (κ3) is 2.55. The number of nitrogens with zero attached hydrogens (tertiary/aromatic N) is 2. The summed E-state index contributed by atoms with van der Waals surface area (Å²) in [5.74, 6) is 0. The fraction of sp³-hybridized carbons (Fsp3) is 0.444. The summed E-state index contributed by atoms with van der Waals surface area (Å²) >= 11 is 1.31. The minimum absolute atomic E-state index is 1.05. The van der Waals surface area contributed by atoms with Crippen LogP contribution in [0.15, 0.2) is 11.1 Å². The van der Waals surface area contributed by atoms with Gasteiger partial charge in [-0.15, -0.1) is 0 Å². The summed E-state index contributed by atoms with van der Waals surface area (Å²) in [4.78, 5) is 0. The summed E-state index contributed by atoms with van der Waals surface area (Å²) in [5, 5.41) is 0. The Kier molecular flexibility index (Phi) is 4.33. The van der Waals surface area contributed by atoms with Gasteiger partial charge in [0.25, 0.3) is 0 Å². The number of allylic oxidation sites excluding steroid dienone is 4. The van der Waals surface area contributed by atoms with Crippen LogP contribution in [0.4, 0.5) is 0 Å². The molecule has 0 unspecified atom stereocenters. The topological polar surface area (TPSA) is 25.8 Å². The molecule has 2 aromatic rings. The monoisotopic (exact) mass is 300 g/mol. The second kappa shape index (κ2) is 5.72. The molecule has 0 atom stereocenters. The van der Waals surface area contributed by atoms with Gasteiger partial charge < -0.3 is 0 Å². The highest BCUT2D eigenvalue weighted by molar-refractivity contribution is 7.00. The second-order valence-electron chi connectivity index (χ2n) is 6.21. The molecule has 21 heavy (non-hydrogen) atoms. The summed E-state index contributed by atoms with van der Waals surface area (Å²) in [7, 11) is 0. The van der Waals surface area contributed by atoms with E-state index in [4.69, 9.17) is 0 Å². The van der Waals surface area contributed by atoms with Crippen molar-refractivity contribution in [2.24, 2.45) is 0 Å². The molecule has 2 rings (SSSR count). The minimum Gasteiger partial charge on any atom is -0.172 e. The first kappa shape index (κ1) is 15.9. The maximum absolute atomic E-state index is 4.60. The number of benzene rings is 1. The Balaban J connectivity index is 3.01. The molecule has 0 N–H and O–H groups in total. The van der Waals surface area contributed by atoms with Crippen molar-refractivity contribution in [2.75, 3.05) is 0 Å². The molecule has 1 heterocycles. The van der Waals surface area contributed by atoms with Crippen LogP contribution < -0.4 is 0 Å². The van der Waals surface area contributed by atoms with Gasteiger partial charge in [-0.05, 0) is 77.7 Å². The number of aromatic nitrogens is 2. The van der Waals surface area contributed by atoms with Crippen LogP contribution in [-0.2, 0) is 0 Å². The van der Waals surface area contributed by atoms with E-state index in [1.807, 2.05) is 0 Å². The molecule has 0 saturated heterocycles. The molecule has 112 valence electrons. The number of rotatable bonds is 2. The van der Waals surface area contributed by atoms with Crippen molar-refractivity contribution in [3.05, 3.63) is 33.4 Å². The zero-order valence-corrected chi connectivity index (χ0v) is 15.1. The lowest BCUT2D eigenvalue weighted by Crippen LogP contribution is -2.00. The third-order valence-electron chi connectivity index (χ3n) is 4.52. The van der Waals surface area contributed by atoms with E-state index in [-0.39, 0.29) is 0 Å². The highest BCUT2D eigenvalue weighted by Crippen LogP contribution is 2.37. The summed E-state index contributed by atoms with van der Waals surface area (Å²) in [6.07, 6.45) is 0. The summed E-state index contributed by atoms with van der Waals surface area (Å²) in [6, 6.07) is 0. The van der Waals surface area contributed by atoms with E-state index in [0.29, 0.717) is 0 Å². The van der Waals surface area contributed by atoms with Gasteiger partial charge in [0.15, 0.2) is 0 Å². The van der Waals surface area contributed by atoms with E-state index in [2.05, 4.69) is 64.1 Å². The molecule has 0 aliphatic heterocycles. The Labute approximate surface area is 131 Å². The van der Waals surface area contributed by atoms with Gasteiger partial charge in [-0.3, -0.25) is 0 Å². The molecule has 0 radical (unpaired) electrons. The maximum Gasteiger partial charge on any atom is 0.113 e. The Morgan fingerprint density at radius 1 is 0.667 bits per heavy atom. The number of fused-ring (bicyclic) bond motifs is 1. The quantitative estimate of drug-likeness (QED) is 0.686. The molecular formula is C18H24N2S. The standard InChI is InChI=1S/C18H24N2S/c1-9(2)11(5)15-13(7)14(8)16(12(6)10(3)4)18-17(15)19-21-20-18/h1-8H3. The van der Waals surface area contributed by atoms with Crippen molar-refractivity contribution in [3.63, 3.8) is 0 Å². The van der Waals surface area contributed by atoms with Crippen LogP contribution in [0.25, 0.3) is 22.2 Å². The molecule has 0 fully saturated rings. The smallest absolute Gasteiger partial charge is 0.113 e. The first-order chi connectivity index (χ1) is 9.77. The van der Waals surface area contributed by atoms with E-state index in [0.717, 1.165) is 11.0 Å². The molecule has 0 amide bonds. The zero-order valence-electron chi connectivity index (χ0n) is 14.3. The van der Waals surface area contributed by atoms with Gasteiger partial charge in [-0.1, -0.05) is 11.1 Å². The number of hydrogen-bond acceptors (Lipinski definition) is 3. The molecule has 1 aromatic carbocycles. The van der Waals surface area contributed by atoms with E-state index in [1.54, 1.807) is 0 Å². The van der Waals surface area contributed by atoms with Gasteiger partial charge >= 0.3 is 0 Å². The van der Waals surface area contributed by atoms with Gasteiger partial charge in [0.1, 0.15) is 11.0 Å². The predicted molar refractivity (Wildman–Crippen MR) is 94.8 cm³/mol. The summed E-state index contributed by atoms with van der Waals surface area (Å²) < 4.78 is 9.20. The van der Waals surface area contributed by atoms with Crippen molar-refractivity contribution in [1.82, 2.24) is 8.75 Å². The summed E-state index contributed by atoms with van der Waals surface area (Å²) in [6.45, 7) is 17.4. The van der Waals surface area contributed by atoms with E-state index in [1.165, 1.54) is 56.3 Å². The van der Waals surface area contributed by atoms with Crippen LogP contribution in [0.2, 0.25) is 0 Å². The molecule has 0 aliphatic rings. The van der Waals surface area contributed by atoms with Crippen LogP contribution in [0.3, 0.4) is 0 Å². The second-order valence-corrected chi connectivity index (χ2v) is 6.74. The highest BCUT2D eigenvalue weighted by atomic mass is 32.1. The van der Waals surface area contributed by atoms with E-state index >= 15 is 0 Å². The molecule has 3 heteroatoms. The van der Waals surface area contributed by atoms with Gasteiger partial charge in [-0.2, -0.15) is 8.75 Å². The first-order valence-corrected chi connectivity index (χ1v) is 8.04. The van der Waals surface area contributed by atoms with Gasteiger partial charge in [0.05, 0.1) is 11.7 Å². The van der Waals surface area contributed by atoms with E-state index in [9.17, 15) is 0 Å². The van der Waals surface area contributed by atoms with Crippen LogP contribution in [0, 0.1) is 13.8 Å². The molecular weight excluding hydrogens is 276 g/mol. The lowest BCUT2D eigenvalue weighted by atomic mass is 9.87. The molecule has 2 nitrogen and oxygen atoms in total. The maximum atomic E-state index is 4.60. The normalized spacial score (nSPS) is 10.9. The van der Waals surface area contributed by atoms with Crippen LogP contribution >= 0.6 is 11.7 Å². The van der Waals surface area contributed by atoms with Crippen molar-refractivity contribution in [3.8, 4) is 0 Å². The van der Waals surface area contributed by atoms with Gasteiger partial charge in [-0.25, -0.2) is 0 Å². The average Bonchev–Trinajstić information content (AvgIpc) is 2.87. The van der Waals surface area contributed by atoms with Crippen molar-refractivity contribution in [1.29, 1.82) is 0 Å². The first-order valence-electron chi connectivity index (χ1n) is 7.31. The fourth-order valence-corrected chi connectivity index (χ4v) is 3.22. The summed E-state index contributed by atoms with van der Waals surface area (Å²) in [5.41, 5.74) is 12.6. The Morgan fingerprint density at radius 2 is 1.00 bits per heavy atom. The third-order valence-corrected chi connectivity index (χ3v) is 5.05. The van der Waals surface area contributed by atoms with Gasteiger partial charge in [0, 0.05) is 11.1 Å². The minimum atomic E-state index is 1.05. The van der Waals surface area contributed by atoms with Crippen LogP contribution in [0.1, 0.15) is 63.8 Å². The van der Waals surface area contributed by atoms with Crippen LogP contribution in [0.5, 0.6) is 0 Å². The molecule has 0 aliphatic carbocycles. The SMILES string of the molecule is CC(C)=C(C)c1c(C)c(C)c(C(C)=C(C)C)c2nsnc12. The highest BCUT2D eigenvalue weighted by Gasteiger charge is 2.20. The Bertz CT molecular complexity index is 704. The molecule has 1 aromatic heterocycles. The molecule has 0 spiro atoms. The number of hydrogen-bond donors (Lipinski definition) is 0. The van der Waals surface area contributed by atoms with Crippen molar-refractivity contribution < 1.29 is 0 Å². The largest absolute Gasteiger partial charge is 0.172 e. The Morgan fingerprint density at radius 3 is 1.29 bits per heavy atom. The fourth-order valence-electron chi connectivity index (χ4n) is 2.66. The zero-order chi connectivity index (χ0) is 15.9. The van der Waals surface area contributed by atoms with E-state index < -0.39 is 0 Å². The molecule has 0 saturated carbocycles. The van der Waals surface area contributed by atoms with Crippen molar-refractivity contribution in [2.45, 2.75) is 55.4 Å². The average molecular weight is 300 g/mol. The Hall–Kier alpha value is -1.48. The van der Waals surface area contributed by atoms with Gasteiger partial charge in [0.2, 0.25) is 0 Å². The molecule has 0 bridgehead atoms. The predicted octanol–water partition coefficient (Wildman–Crippen LogP) is 5.93.